The van der Waals surface area contributed by atoms with E-state index in [1.807, 2.05) is 6.07 Å². The van der Waals surface area contributed by atoms with Crippen LogP contribution in [0.15, 0.2) is 22.7 Å². The third kappa shape index (κ3) is 3.12. The zero-order valence-electron chi connectivity index (χ0n) is 11.0. The van der Waals surface area contributed by atoms with E-state index < -0.39 is 0 Å². The fraction of sp³-hybridized carbons (Fsp3) is 0.600. The maximum absolute atomic E-state index is 13.1. The van der Waals surface area contributed by atoms with Crippen LogP contribution in [0.1, 0.15) is 38.7 Å². The molecule has 0 aromatic heterocycles. The standard InChI is InChI=1S/C15H21BrFN/c1-10-5-6-15(18,8-11(10)2)9-12-3-4-13(17)7-14(12)16/h3-4,7,10-11H,5-6,8-9,18H2,1-2H3. The summed E-state index contributed by atoms with van der Waals surface area (Å²) >= 11 is 3.43. The van der Waals surface area contributed by atoms with Gasteiger partial charge in [-0.15, -0.1) is 0 Å². The molecule has 1 saturated carbocycles. The Morgan fingerprint density at radius 2 is 2.11 bits per heavy atom. The molecule has 18 heavy (non-hydrogen) atoms. The summed E-state index contributed by atoms with van der Waals surface area (Å²) < 4.78 is 13.9. The first-order chi connectivity index (χ1) is 8.39. The summed E-state index contributed by atoms with van der Waals surface area (Å²) in [5.41, 5.74) is 7.52. The first-order valence-corrected chi connectivity index (χ1v) is 7.42. The summed E-state index contributed by atoms with van der Waals surface area (Å²) in [5, 5.41) is 0. The molecular formula is C15H21BrFN. The Hall–Kier alpha value is -0.410. The maximum Gasteiger partial charge on any atom is 0.124 e. The van der Waals surface area contributed by atoms with Crippen molar-refractivity contribution in [2.75, 3.05) is 0 Å². The SMILES string of the molecule is CC1CCC(N)(Cc2ccc(F)cc2Br)CC1C. The van der Waals surface area contributed by atoms with Gasteiger partial charge in [0.1, 0.15) is 5.82 Å². The molecule has 1 fully saturated rings. The van der Waals surface area contributed by atoms with Gasteiger partial charge in [0.05, 0.1) is 0 Å². The third-order valence-corrected chi connectivity index (χ3v) is 5.09. The molecule has 0 heterocycles. The summed E-state index contributed by atoms with van der Waals surface area (Å²) in [5.74, 6) is 1.23. The van der Waals surface area contributed by atoms with Gasteiger partial charge in [-0.1, -0.05) is 35.8 Å². The van der Waals surface area contributed by atoms with Crippen LogP contribution in [0.25, 0.3) is 0 Å². The van der Waals surface area contributed by atoms with E-state index in [2.05, 4.69) is 29.8 Å². The van der Waals surface area contributed by atoms with Crippen LogP contribution in [0.3, 0.4) is 0 Å². The zero-order valence-corrected chi connectivity index (χ0v) is 12.6. The molecule has 2 rings (SSSR count). The summed E-state index contributed by atoms with van der Waals surface area (Å²) in [6, 6.07) is 4.88. The highest BCUT2D eigenvalue weighted by atomic mass is 79.9. The molecule has 1 aromatic carbocycles. The summed E-state index contributed by atoms with van der Waals surface area (Å²) in [6.45, 7) is 4.59. The van der Waals surface area contributed by atoms with Crippen molar-refractivity contribution in [2.45, 2.75) is 45.1 Å². The average molecular weight is 314 g/mol. The minimum absolute atomic E-state index is 0.133. The lowest BCUT2D eigenvalue weighted by Gasteiger charge is -2.40. The van der Waals surface area contributed by atoms with Crippen molar-refractivity contribution in [1.29, 1.82) is 0 Å². The van der Waals surface area contributed by atoms with E-state index in [1.165, 1.54) is 18.6 Å². The molecule has 0 aliphatic heterocycles. The summed E-state index contributed by atoms with van der Waals surface area (Å²) in [7, 11) is 0. The number of hydrogen-bond acceptors (Lipinski definition) is 1. The van der Waals surface area contributed by atoms with Crippen molar-refractivity contribution in [2.24, 2.45) is 17.6 Å². The van der Waals surface area contributed by atoms with Crippen molar-refractivity contribution in [3.63, 3.8) is 0 Å². The van der Waals surface area contributed by atoms with Gasteiger partial charge in [0, 0.05) is 10.0 Å². The molecule has 2 N–H and O–H groups in total. The van der Waals surface area contributed by atoms with E-state index in [-0.39, 0.29) is 11.4 Å². The first-order valence-electron chi connectivity index (χ1n) is 6.62. The predicted molar refractivity (Wildman–Crippen MR) is 76.9 cm³/mol. The topological polar surface area (TPSA) is 26.0 Å². The highest BCUT2D eigenvalue weighted by Gasteiger charge is 2.34. The molecule has 3 unspecified atom stereocenters. The summed E-state index contributed by atoms with van der Waals surface area (Å²) in [4.78, 5) is 0. The molecule has 1 nitrogen and oxygen atoms in total. The molecule has 0 spiro atoms. The number of hydrogen-bond donors (Lipinski definition) is 1. The smallest absolute Gasteiger partial charge is 0.124 e. The van der Waals surface area contributed by atoms with E-state index in [0.717, 1.165) is 35.2 Å². The fourth-order valence-electron chi connectivity index (χ4n) is 2.95. The molecule has 0 amide bonds. The number of nitrogens with two attached hydrogens (primary N) is 1. The quantitative estimate of drug-likeness (QED) is 0.866. The molecule has 0 radical (unpaired) electrons. The molecule has 1 aliphatic carbocycles. The van der Waals surface area contributed by atoms with Crippen molar-refractivity contribution >= 4 is 15.9 Å². The first kappa shape index (κ1) is 14.0. The van der Waals surface area contributed by atoms with E-state index >= 15 is 0 Å². The second-order valence-electron chi connectivity index (χ2n) is 5.97. The Labute approximate surface area is 117 Å². The molecule has 1 aliphatic rings. The number of benzene rings is 1. The minimum atomic E-state index is -0.206. The van der Waals surface area contributed by atoms with Gasteiger partial charge in [-0.05, 0) is 55.2 Å². The second-order valence-corrected chi connectivity index (χ2v) is 6.83. The number of rotatable bonds is 2. The van der Waals surface area contributed by atoms with Crippen molar-refractivity contribution in [3.8, 4) is 0 Å². The van der Waals surface area contributed by atoms with E-state index in [4.69, 9.17) is 5.73 Å². The van der Waals surface area contributed by atoms with Gasteiger partial charge in [0.2, 0.25) is 0 Å². The van der Waals surface area contributed by atoms with Crippen LogP contribution < -0.4 is 5.73 Å². The van der Waals surface area contributed by atoms with Crippen LogP contribution in [0.2, 0.25) is 0 Å². The highest BCUT2D eigenvalue weighted by Crippen LogP contribution is 2.37. The van der Waals surface area contributed by atoms with E-state index in [1.54, 1.807) is 0 Å². The Morgan fingerprint density at radius 3 is 2.72 bits per heavy atom. The van der Waals surface area contributed by atoms with Gasteiger partial charge in [-0.25, -0.2) is 4.39 Å². The van der Waals surface area contributed by atoms with Crippen LogP contribution >= 0.6 is 15.9 Å². The van der Waals surface area contributed by atoms with Crippen LogP contribution in [0.4, 0.5) is 4.39 Å². The van der Waals surface area contributed by atoms with Crippen LogP contribution in [0.5, 0.6) is 0 Å². The van der Waals surface area contributed by atoms with Crippen molar-refractivity contribution in [3.05, 3.63) is 34.1 Å². The lowest BCUT2D eigenvalue weighted by molar-refractivity contribution is 0.175. The monoisotopic (exact) mass is 313 g/mol. The van der Waals surface area contributed by atoms with Gasteiger partial charge in [0.15, 0.2) is 0 Å². The van der Waals surface area contributed by atoms with Gasteiger partial charge < -0.3 is 5.73 Å². The highest BCUT2D eigenvalue weighted by molar-refractivity contribution is 9.10. The maximum atomic E-state index is 13.1. The van der Waals surface area contributed by atoms with Gasteiger partial charge in [0.25, 0.3) is 0 Å². The number of halogens is 2. The predicted octanol–water partition coefficient (Wildman–Crippen LogP) is 4.28. The fourth-order valence-corrected chi connectivity index (χ4v) is 3.44. The Kier molecular flexibility index (Phi) is 4.12. The lowest BCUT2D eigenvalue weighted by atomic mass is 9.69. The van der Waals surface area contributed by atoms with Crippen molar-refractivity contribution < 1.29 is 4.39 Å². The minimum Gasteiger partial charge on any atom is -0.325 e. The third-order valence-electron chi connectivity index (χ3n) is 4.36. The van der Waals surface area contributed by atoms with E-state index in [0.29, 0.717) is 5.92 Å². The Morgan fingerprint density at radius 1 is 1.39 bits per heavy atom. The van der Waals surface area contributed by atoms with Gasteiger partial charge >= 0.3 is 0 Å². The molecule has 100 valence electrons. The van der Waals surface area contributed by atoms with Crippen LogP contribution in [-0.4, -0.2) is 5.54 Å². The van der Waals surface area contributed by atoms with Crippen molar-refractivity contribution in [1.82, 2.24) is 0 Å². The average Bonchev–Trinajstić information content (AvgIpc) is 2.28. The largest absolute Gasteiger partial charge is 0.325 e. The van der Waals surface area contributed by atoms with Crippen LogP contribution in [0, 0.1) is 17.7 Å². The molecule has 1 aromatic rings. The molecule has 0 bridgehead atoms. The second kappa shape index (κ2) is 5.30. The van der Waals surface area contributed by atoms with E-state index in [9.17, 15) is 4.39 Å². The zero-order chi connectivity index (χ0) is 13.3. The molecule has 3 atom stereocenters. The lowest BCUT2D eigenvalue weighted by Crippen LogP contribution is -2.47. The van der Waals surface area contributed by atoms with Gasteiger partial charge in [-0.3, -0.25) is 0 Å². The molecular weight excluding hydrogens is 293 g/mol. The molecule has 3 heteroatoms. The Bertz CT molecular complexity index is 435. The van der Waals surface area contributed by atoms with Crippen LogP contribution in [-0.2, 0) is 6.42 Å². The summed E-state index contributed by atoms with van der Waals surface area (Å²) in [6.07, 6.45) is 4.13. The molecule has 0 saturated heterocycles. The van der Waals surface area contributed by atoms with Gasteiger partial charge in [-0.2, -0.15) is 0 Å². The Balaban J connectivity index is 2.13. The normalized spacial score (nSPS) is 32.5.